The molecule has 0 bridgehead atoms. The maximum atomic E-state index is 4.67. The molecule has 2 N–H and O–H groups in total. The lowest BCUT2D eigenvalue weighted by Crippen LogP contribution is -2.37. The minimum Gasteiger partial charge on any atom is -0.357 e. The maximum Gasteiger partial charge on any atom is 0.191 e. The van der Waals surface area contributed by atoms with E-state index in [1.165, 1.54) is 10.4 Å². The first-order valence-corrected chi connectivity index (χ1v) is 9.49. The number of hydrogen-bond donors (Lipinski definition) is 2. The summed E-state index contributed by atoms with van der Waals surface area (Å²) in [6, 6.07) is 8.08. The summed E-state index contributed by atoms with van der Waals surface area (Å²) in [4.78, 5) is 5.99. The molecule has 0 unspecified atom stereocenters. The van der Waals surface area contributed by atoms with Gasteiger partial charge in [0.2, 0.25) is 0 Å². The molecule has 0 atom stereocenters. The van der Waals surface area contributed by atoms with Crippen molar-refractivity contribution in [1.82, 2.24) is 25.2 Å². The second-order valence-electron chi connectivity index (χ2n) is 5.80. The van der Waals surface area contributed by atoms with Crippen LogP contribution in [0.2, 0.25) is 0 Å². The third kappa shape index (κ3) is 4.57. The first-order valence-electron chi connectivity index (χ1n) is 8.61. The van der Waals surface area contributed by atoms with Gasteiger partial charge in [-0.2, -0.15) is 0 Å². The number of aliphatic imine (C=N–C) groups is 1. The Morgan fingerprint density at radius 2 is 2.16 bits per heavy atom. The van der Waals surface area contributed by atoms with Gasteiger partial charge in [0, 0.05) is 30.6 Å². The van der Waals surface area contributed by atoms with Crippen molar-refractivity contribution in [3.63, 3.8) is 0 Å². The summed E-state index contributed by atoms with van der Waals surface area (Å²) >= 11 is 1.76. The molecule has 3 rings (SSSR count). The number of aryl methyl sites for hydroxylation is 2. The molecule has 0 amide bonds. The average molecular weight is 356 g/mol. The fourth-order valence-corrected chi connectivity index (χ4v) is 3.40. The zero-order valence-corrected chi connectivity index (χ0v) is 15.5. The summed E-state index contributed by atoms with van der Waals surface area (Å²) in [5.74, 6) is 1.86. The monoisotopic (exact) mass is 356 g/mol. The van der Waals surface area contributed by atoms with Crippen molar-refractivity contribution < 1.29 is 0 Å². The van der Waals surface area contributed by atoms with Gasteiger partial charge in [-0.3, -0.25) is 4.40 Å². The lowest BCUT2D eigenvalue weighted by molar-refractivity contribution is 0.715. The van der Waals surface area contributed by atoms with Crippen molar-refractivity contribution in [1.29, 1.82) is 0 Å². The lowest BCUT2D eigenvalue weighted by Gasteiger charge is -2.11. The summed E-state index contributed by atoms with van der Waals surface area (Å²) < 4.78 is 2.04. The van der Waals surface area contributed by atoms with E-state index < -0.39 is 0 Å². The Labute approximate surface area is 152 Å². The highest BCUT2D eigenvalue weighted by atomic mass is 32.1. The van der Waals surface area contributed by atoms with Crippen molar-refractivity contribution in [3.8, 4) is 0 Å². The van der Waals surface area contributed by atoms with E-state index in [-0.39, 0.29) is 0 Å². The lowest BCUT2D eigenvalue weighted by atomic mass is 10.3. The number of thiophene rings is 1. The highest BCUT2D eigenvalue weighted by Crippen LogP contribution is 2.16. The fourth-order valence-electron chi connectivity index (χ4n) is 2.57. The molecule has 25 heavy (non-hydrogen) atoms. The van der Waals surface area contributed by atoms with Crippen LogP contribution >= 0.6 is 11.3 Å². The van der Waals surface area contributed by atoms with Gasteiger partial charge in [-0.25, -0.2) is 4.99 Å². The molecule has 0 aliphatic carbocycles. The number of nitrogens with one attached hydrogen (secondary N) is 2. The Kier molecular flexibility index (Phi) is 6.00. The van der Waals surface area contributed by atoms with Crippen molar-refractivity contribution >= 4 is 22.9 Å². The van der Waals surface area contributed by atoms with Crippen LogP contribution in [0.5, 0.6) is 0 Å². The van der Waals surface area contributed by atoms with E-state index in [1.54, 1.807) is 11.3 Å². The summed E-state index contributed by atoms with van der Waals surface area (Å²) in [5, 5.41) is 17.3. The Bertz CT molecular complexity index is 835. The molecule has 0 saturated carbocycles. The van der Waals surface area contributed by atoms with E-state index >= 15 is 0 Å². The minimum absolute atomic E-state index is 0.716. The first-order chi connectivity index (χ1) is 12.3. The molecule has 0 aliphatic rings. The van der Waals surface area contributed by atoms with Crippen LogP contribution in [0.4, 0.5) is 0 Å². The zero-order chi connectivity index (χ0) is 17.5. The number of fused-ring (bicyclic) bond motifs is 1. The molecule has 0 saturated heterocycles. The second kappa shape index (κ2) is 8.62. The SMILES string of the molecule is CCNC(=NCc1sccc1C)NCCCc1nnc2ccccn12. The highest BCUT2D eigenvalue weighted by molar-refractivity contribution is 7.10. The standard InChI is InChI=1S/C18H24N6S/c1-3-19-18(21-13-15-14(2)9-12-25-15)20-10-6-8-17-23-22-16-7-4-5-11-24(16)17/h4-5,7,9,11-12H,3,6,8,10,13H2,1-2H3,(H2,19,20,21). The van der Waals surface area contributed by atoms with E-state index in [4.69, 9.17) is 0 Å². The molecule has 0 aromatic carbocycles. The van der Waals surface area contributed by atoms with Gasteiger partial charge in [-0.05, 0) is 49.4 Å². The normalized spacial score (nSPS) is 11.8. The van der Waals surface area contributed by atoms with Crippen LogP contribution < -0.4 is 10.6 Å². The van der Waals surface area contributed by atoms with Crippen molar-refractivity contribution in [2.24, 2.45) is 4.99 Å². The summed E-state index contributed by atoms with van der Waals surface area (Å²) in [6.45, 7) is 6.62. The van der Waals surface area contributed by atoms with Crippen LogP contribution in [0.25, 0.3) is 5.65 Å². The molecular weight excluding hydrogens is 332 g/mol. The van der Waals surface area contributed by atoms with Crippen LogP contribution in [0.1, 0.15) is 29.6 Å². The quantitative estimate of drug-likeness (QED) is 0.388. The number of hydrogen-bond acceptors (Lipinski definition) is 4. The second-order valence-corrected chi connectivity index (χ2v) is 6.80. The predicted molar refractivity (Wildman–Crippen MR) is 103 cm³/mol. The molecular formula is C18H24N6S. The molecule has 3 aromatic rings. The Morgan fingerprint density at radius 3 is 2.96 bits per heavy atom. The van der Waals surface area contributed by atoms with Crippen LogP contribution in [0.3, 0.4) is 0 Å². The molecule has 0 aliphatic heterocycles. The molecule has 3 aromatic heterocycles. The molecule has 0 fully saturated rings. The Balaban J connectivity index is 1.50. The van der Waals surface area contributed by atoms with Crippen molar-refractivity contribution in [2.45, 2.75) is 33.2 Å². The van der Waals surface area contributed by atoms with Gasteiger partial charge < -0.3 is 10.6 Å². The van der Waals surface area contributed by atoms with Gasteiger partial charge in [0.15, 0.2) is 11.6 Å². The number of rotatable bonds is 7. The molecule has 7 heteroatoms. The molecule has 132 valence electrons. The zero-order valence-electron chi connectivity index (χ0n) is 14.7. The maximum absolute atomic E-state index is 4.67. The number of guanidine groups is 1. The smallest absolute Gasteiger partial charge is 0.191 e. The summed E-state index contributed by atoms with van der Waals surface area (Å²) in [6.07, 6.45) is 3.85. The molecule has 6 nitrogen and oxygen atoms in total. The fraction of sp³-hybridized carbons (Fsp3) is 0.389. The average Bonchev–Trinajstić information content (AvgIpc) is 3.22. The van der Waals surface area contributed by atoms with E-state index in [0.717, 1.165) is 43.4 Å². The van der Waals surface area contributed by atoms with Crippen LogP contribution in [0.15, 0.2) is 40.8 Å². The Hall–Kier alpha value is -2.41. The first kappa shape index (κ1) is 17.4. The van der Waals surface area contributed by atoms with Crippen LogP contribution in [-0.2, 0) is 13.0 Å². The van der Waals surface area contributed by atoms with Gasteiger partial charge >= 0.3 is 0 Å². The molecule has 0 radical (unpaired) electrons. The van der Waals surface area contributed by atoms with Gasteiger partial charge in [0.1, 0.15) is 5.82 Å². The van der Waals surface area contributed by atoms with Crippen LogP contribution in [-0.4, -0.2) is 33.6 Å². The van der Waals surface area contributed by atoms with E-state index in [1.807, 2.05) is 28.8 Å². The Morgan fingerprint density at radius 1 is 1.24 bits per heavy atom. The van der Waals surface area contributed by atoms with Gasteiger partial charge in [-0.15, -0.1) is 21.5 Å². The van der Waals surface area contributed by atoms with Crippen molar-refractivity contribution in [3.05, 3.63) is 52.1 Å². The van der Waals surface area contributed by atoms with Crippen molar-refractivity contribution in [2.75, 3.05) is 13.1 Å². The van der Waals surface area contributed by atoms with E-state index in [0.29, 0.717) is 6.54 Å². The number of pyridine rings is 1. The summed E-state index contributed by atoms with van der Waals surface area (Å²) in [5.41, 5.74) is 2.20. The summed E-state index contributed by atoms with van der Waals surface area (Å²) in [7, 11) is 0. The van der Waals surface area contributed by atoms with Gasteiger partial charge in [-0.1, -0.05) is 6.07 Å². The van der Waals surface area contributed by atoms with Crippen LogP contribution in [0, 0.1) is 6.92 Å². The molecule has 0 spiro atoms. The third-order valence-corrected chi connectivity index (χ3v) is 4.95. The van der Waals surface area contributed by atoms with Gasteiger partial charge in [0.25, 0.3) is 0 Å². The molecule has 3 heterocycles. The van der Waals surface area contributed by atoms with Gasteiger partial charge in [0.05, 0.1) is 6.54 Å². The van der Waals surface area contributed by atoms with E-state index in [9.17, 15) is 0 Å². The topological polar surface area (TPSA) is 66.6 Å². The highest BCUT2D eigenvalue weighted by Gasteiger charge is 2.05. The minimum atomic E-state index is 0.716. The number of nitrogens with zero attached hydrogens (tertiary/aromatic N) is 4. The largest absolute Gasteiger partial charge is 0.357 e. The number of aromatic nitrogens is 3. The predicted octanol–water partition coefficient (Wildman–Crippen LogP) is 2.79. The van der Waals surface area contributed by atoms with E-state index in [2.05, 4.69) is 51.1 Å². The third-order valence-electron chi connectivity index (χ3n) is 3.95.